The number of benzene rings is 1. The first-order valence-corrected chi connectivity index (χ1v) is 7.07. The largest absolute Gasteiger partial charge is 0.396 e. The van der Waals surface area contributed by atoms with E-state index in [-0.39, 0.29) is 12.6 Å². The molecular formula is C15H19NOS. The van der Waals surface area contributed by atoms with Gasteiger partial charge < -0.3 is 5.11 Å². The van der Waals surface area contributed by atoms with Crippen molar-refractivity contribution in [1.29, 1.82) is 0 Å². The van der Waals surface area contributed by atoms with Gasteiger partial charge in [0.25, 0.3) is 0 Å². The zero-order valence-corrected chi connectivity index (χ0v) is 11.4. The Balaban J connectivity index is 2.09. The summed E-state index contributed by atoms with van der Waals surface area (Å²) in [5, 5.41) is 11.4. The van der Waals surface area contributed by atoms with E-state index >= 15 is 0 Å². The van der Waals surface area contributed by atoms with Crippen LogP contribution in [0.5, 0.6) is 0 Å². The van der Waals surface area contributed by atoms with Crippen LogP contribution in [0, 0.1) is 0 Å². The van der Waals surface area contributed by atoms with Gasteiger partial charge in [-0.1, -0.05) is 36.4 Å². The van der Waals surface area contributed by atoms with Crippen LogP contribution in [0.3, 0.4) is 0 Å². The summed E-state index contributed by atoms with van der Waals surface area (Å²) >= 11 is 1.78. The minimum absolute atomic E-state index is 0.217. The van der Waals surface area contributed by atoms with Gasteiger partial charge in [-0.05, 0) is 30.5 Å². The van der Waals surface area contributed by atoms with E-state index in [0.29, 0.717) is 0 Å². The van der Waals surface area contributed by atoms with Gasteiger partial charge >= 0.3 is 0 Å². The average molecular weight is 261 g/mol. The van der Waals surface area contributed by atoms with E-state index < -0.39 is 0 Å². The summed E-state index contributed by atoms with van der Waals surface area (Å²) in [6, 6.07) is 14.9. The van der Waals surface area contributed by atoms with Crippen LogP contribution >= 0.6 is 11.3 Å². The number of hydrogen-bond donors (Lipinski definition) is 1. The Morgan fingerprint density at radius 2 is 1.94 bits per heavy atom. The summed E-state index contributed by atoms with van der Waals surface area (Å²) in [6.45, 7) is 1.14. The van der Waals surface area contributed by atoms with Crippen molar-refractivity contribution in [3.8, 4) is 0 Å². The zero-order chi connectivity index (χ0) is 12.8. The maximum absolute atomic E-state index is 9.25. The van der Waals surface area contributed by atoms with Gasteiger partial charge in [0.2, 0.25) is 0 Å². The topological polar surface area (TPSA) is 23.5 Å². The van der Waals surface area contributed by atoms with Crippen molar-refractivity contribution in [2.24, 2.45) is 0 Å². The predicted molar refractivity (Wildman–Crippen MR) is 76.7 cm³/mol. The average Bonchev–Trinajstić information content (AvgIpc) is 2.89. The van der Waals surface area contributed by atoms with Gasteiger partial charge in [-0.2, -0.15) is 0 Å². The van der Waals surface area contributed by atoms with Crippen molar-refractivity contribution < 1.29 is 5.11 Å². The van der Waals surface area contributed by atoms with E-state index in [1.807, 2.05) is 6.07 Å². The van der Waals surface area contributed by atoms with Crippen molar-refractivity contribution in [1.82, 2.24) is 4.90 Å². The molecule has 1 aromatic carbocycles. The SMILES string of the molecule is CN(Cc1cccs1)[C@@H](CCO)c1ccccc1. The van der Waals surface area contributed by atoms with Crippen molar-refractivity contribution in [2.45, 2.75) is 19.0 Å². The van der Waals surface area contributed by atoms with Crippen molar-refractivity contribution in [3.63, 3.8) is 0 Å². The Morgan fingerprint density at radius 1 is 1.17 bits per heavy atom. The second kappa shape index (κ2) is 6.69. The monoisotopic (exact) mass is 261 g/mol. The normalized spacial score (nSPS) is 12.8. The van der Waals surface area contributed by atoms with Crippen LogP contribution in [-0.4, -0.2) is 23.7 Å². The van der Waals surface area contributed by atoms with Gasteiger partial charge in [0, 0.05) is 24.1 Å². The third-order valence-corrected chi connectivity index (χ3v) is 3.97. The number of hydrogen-bond acceptors (Lipinski definition) is 3. The Morgan fingerprint density at radius 3 is 2.56 bits per heavy atom. The Hall–Kier alpha value is -1.16. The lowest BCUT2D eigenvalue weighted by molar-refractivity contribution is 0.181. The molecule has 0 aliphatic heterocycles. The highest BCUT2D eigenvalue weighted by atomic mass is 32.1. The summed E-state index contributed by atoms with van der Waals surface area (Å²) in [7, 11) is 2.12. The van der Waals surface area contributed by atoms with E-state index in [0.717, 1.165) is 13.0 Å². The Labute approximate surface area is 113 Å². The Bertz CT molecular complexity index is 441. The molecule has 0 aliphatic carbocycles. The molecule has 0 aliphatic rings. The maximum atomic E-state index is 9.25. The van der Waals surface area contributed by atoms with Crippen LogP contribution in [0.1, 0.15) is 22.9 Å². The van der Waals surface area contributed by atoms with E-state index in [1.54, 1.807) is 11.3 Å². The molecular weight excluding hydrogens is 242 g/mol. The first-order chi connectivity index (χ1) is 8.81. The fourth-order valence-corrected chi connectivity index (χ4v) is 2.96. The van der Waals surface area contributed by atoms with Crippen molar-refractivity contribution in [2.75, 3.05) is 13.7 Å². The third-order valence-electron chi connectivity index (χ3n) is 3.10. The molecule has 0 bridgehead atoms. The summed E-state index contributed by atoms with van der Waals surface area (Å²) in [5.41, 5.74) is 1.27. The van der Waals surface area contributed by atoms with E-state index in [2.05, 4.69) is 53.7 Å². The van der Waals surface area contributed by atoms with Gasteiger partial charge in [0.15, 0.2) is 0 Å². The van der Waals surface area contributed by atoms with Crippen LogP contribution in [0.2, 0.25) is 0 Å². The highest BCUT2D eigenvalue weighted by molar-refractivity contribution is 7.09. The molecule has 0 radical (unpaired) electrons. The van der Waals surface area contributed by atoms with Gasteiger partial charge in [-0.15, -0.1) is 11.3 Å². The highest BCUT2D eigenvalue weighted by Crippen LogP contribution is 2.25. The number of thiophene rings is 1. The molecule has 1 N–H and O–H groups in total. The summed E-state index contributed by atoms with van der Waals surface area (Å²) < 4.78 is 0. The smallest absolute Gasteiger partial charge is 0.0449 e. The predicted octanol–water partition coefficient (Wildman–Crippen LogP) is 3.30. The second-order valence-corrected chi connectivity index (χ2v) is 5.47. The minimum Gasteiger partial charge on any atom is -0.396 e. The van der Waals surface area contributed by atoms with Gasteiger partial charge in [-0.25, -0.2) is 0 Å². The number of nitrogens with zero attached hydrogens (tertiary/aromatic N) is 1. The maximum Gasteiger partial charge on any atom is 0.0449 e. The lowest BCUT2D eigenvalue weighted by Crippen LogP contribution is -2.24. The highest BCUT2D eigenvalue weighted by Gasteiger charge is 2.16. The second-order valence-electron chi connectivity index (χ2n) is 4.43. The molecule has 0 saturated carbocycles. The van der Waals surface area contributed by atoms with Crippen LogP contribution in [0.25, 0.3) is 0 Å². The van der Waals surface area contributed by atoms with Crippen LogP contribution in [0.15, 0.2) is 47.8 Å². The number of aliphatic hydroxyl groups excluding tert-OH is 1. The summed E-state index contributed by atoms with van der Waals surface area (Å²) in [5.74, 6) is 0. The van der Waals surface area contributed by atoms with Gasteiger partial charge in [0.05, 0.1) is 0 Å². The molecule has 3 heteroatoms. The van der Waals surface area contributed by atoms with Gasteiger partial charge in [-0.3, -0.25) is 4.90 Å². The molecule has 0 amide bonds. The summed E-state index contributed by atoms with van der Waals surface area (Å²) in [6.07, 6.45) is 0.770. The molecule has 1 atom stereocenters. The van der Waals surface area contributed by atoms with E-state index in [1.165, 1.54) is 10.4 Å². The Kier molecular flexibility index (Phi) is 4.93. The molecule has 2 rings (SSSR count). The molecule has 1 aromatic heterocycles. The molecule has 18 heavy (non-hydrogen) atoms. The minimum atomic E-state index is 0.217. The third kappa shape index (κ3) is 3.42. The molecule has 2 nitrogen and oxygen atoms in total. The molecule has 0 spiro atoms. The number of aliphatic hydroxyl groups is 1. The van der Waals surface area contributed by atoms with Crippen LogP contribution < -0.4 is 0 Å². The molecule has 96 valence electrons. The fourth-order valence-electron chi connectivity index (χ4n) is 2.20. The molecule has 2 aromatic rings. The fraction of sp³-hybridized carbons (Fsp3) is 0.333. The molecule has 0 fully saturated rings. The molecule has 1 heterocycles. The van der Waals surface area contributed by atoms with E-state index in [9.17, 15) is 5.11 Å². The van der Waals surface area contributed by atoms with Gasteiger partial charge in [0.1, 0.15) is 0 Å². The zero-order valence-electron chi connectivity index (χ0n) is 10.6. The van der Waals surface area contributed by atoms with Crippen molar-refractivity contribution >= 4 is 11.3 Å². The van der Waals surface area contributed by atoms with Crippen LogP contribution in [-0.2, 0) is 6.54 Å². The quantitative estimate of drug-likeness (QED) is 0.862. The number of rotatable bonds is 6. The van der Waals surface area contributed by atoms with Crippen LogP contribution in [0.4, 0.5) is 0 Å². The first-order valence-electron chi connectivity index (χ1n) is 6.19. The van der Waals surface area contributed by atoms with E-state index in [4.69, 9.17) is 0 Å². The summed E-state index contributed by atoms with van der Waals surface area (Å²) in [4.78, 5) is 3.66. The lowest BCUT2D eigenvalue weighted by Gasteiger charge is -2.27. The molecule has 0 unspecified atom stereocenters. The first kappa shape index (κ1) is 13.3. The standard InChI is InChI=1S/C15H19NOS/c1-16(12-14-8-5-11-18-14)15(9-10-17)13-6-3-2-4-7-13/h2-8,11,15,17H,9-10,12H2,1H3/t15-/m0/s1. The van der Waals surface area contributed by atoms with Crippen molar-refractivity contribution in [3.05, 3.63) is 58.3 Å². The lowest BCUT2D eigenvalue weighted by atomic mass is 10.0. The molecule has 0 saturated heterocycles.